The minimum absolute atomic E-state index is 0.0247. The van der Waals surface area contributed by atoms with E-state index in [1.54, 1.807) is 24.3 Å². The highest BCUT2D eigenvalue weighted by molar-refractivity contribution is 7.89. The van der Waals surface area contributed by atoms with Gasteiger partial charge < -0.3 is 19.9 Å². The summed E-state index contributed by atoms with van der Waals surface area (Å²) < 4.78 is 43.2. The number of aliphatic hydroxyl groups excluding tert-OH is 1. The fourth-order valence-corrected chi connectivity index (χ4v) is 9.00. The first-order valence-corrected chi connectivity index (χ1v) is 22.3. The third-order valence-electron chi connectivity index (χ3n) is 11.6. The van der Waals surface area contributed by atoms with Crippen LogP contribution in [0.4, 0.5) is 0 Å². The first-order chi connectivity index (χ1) is 29.5. The number of benzene rings is 6. The summed E-state index contributed by atoms with van der Waals surface area (Å²) in [5.74, 6) is -0.395. The van der Waals surface area contributed by atoms with Gasteiger partial charge in [-0.1, -0.05) is 146 Å². The minimum Gasteiger partial charge on any atom is -0.392 e. The SMILES string of the molecule is Cc1ccc(S(=O)(=O)N[C@H](Cc2ccccc2)C(=O)NCc2cccc(-c3cccc([C@@H]4O[C@H](CN(C)[C@@H](C)c5ccccc5)[C@H](C)[C@H](c5ccc(CO)cc5)O4)c3)c2)cc1. The van der Waals surface area contributed by atoms with E-state index in [1.165, 1.54) is 5.56 Å². The van der Waals surface area contributed by atoms with Crippen LogP contribution in [-0.4, -0.2) is 50.1 Å². The van der Waals surface area contributed by atoms with Gasteiger partial charge in [-0.05, 0) is 90.5 Å². The van der Waals surface area contributed by atoms with Gasteiger partial charge in [0.05, 0.1) is 23.7 Å². The summed E-state index contributed by atoms with van der Waals surface area (Å²) in [5, 5.41) is 12.7. The molecule has 0 spiro atoms. The number of carbonyl (C=O) groups is 1. The molecule has 1 amide bonds. The molecule has 0 bridgehead atoms. The molecular weight excluding hydrogens is 783 g/mol. The van der Waals surface area contributed by atoms with Gasteiger partial charge in [-0.25, -0.2) is 8.42 Å². The molecule has 10 heteroatoms. The van der Waals surface area contributed by atoms with E-state index in [9.17, 15) is 18.3 Å². The molecule has 1 aliphatic heterocycles. The van der Waals surface area contributed by atoms with Crippen LogP contribution < -0.4 is 10.0 Å². The smallest absolute Gasteiger partial charge is 0.241 e. The Morgan fingerprint density at radius 3 is 2.07 bits per heavy atom. The highest BCUT2D eigenvalue weighted by Gasteiger charge is 2.39. The molecule has 0 unspecified atom stereocenters. The maximum absolute atomic E-state index is 13.8. The predicted molar refractivity (Wildman–Crippen MR) is 240 cm³/mol. The maximum Gasteiger partial charge on any atom is 0.241 e. The number of ether oxygens (including phenoxy) is 2. The number of likely N-dealkylation sites (N-methyl/N-ethyl adjacent to an activating group) is 1. The first-order valence-electron chi connectivity index (χ1n) is 20.8. The molecule has 1 fully saturated rings. The molecule has 316 valence electrons. The highest BCUT2D eigenvalue weighted by Crippen LogP contribution is 2.43. The van der Waals surface area contributed by atoms with Gasteiger partial charge in [0.2, 0.25) is 15.9 Å². The van der Waals surface area contributed by atoms with Gasteiger partial charge in [0.1, 0.15) is 6.04 Å². The number of sulfonamides is 1. The van der Waals surface area contributed by atoms with Crippen LogP contribution in [0, 0.1) is 12.8 Å². The molecule has 6 aromatic rings. The van der Waals surface area contributed by atoms with Crippen molar-refractivity contribution in [2.45, 2.75) is 75.8 Å². The molecular formula is C51H55N3O6S. The van der Waals surface area contributed by atoms with Crippen LogP contribution in [-0.2, 0) is 43.9 Å². The minimum atomic E-state index is -3.97. The van der Waals surface area contributed by atoms with Gasteiger partial charge in [-0.3, -0.25) is 9.69 Å². The predicted octanol–water partition coefficient (Wildman–Crippen LogP) is 8.84. The number of aryl methyl sites for hydroxylation is 1. The summed E-state index contributed by atoms with van der Waals surface area (Å²) >= 11 is 0. The number of carbonyl (C=O) groups excluding carboxylic acids is 1. The van der Waals surface area contributed by atoms with Gasteiger partial charge in [0, 0.05) is 30.6 Å². The van der Waals surface area contributed by atoms with Crippen molar-refractivity contribution in [2.75, 3.05) is 13.6 Å². The lowest BCUT2D eigenvalue weighted by Gasteiger charge is -2.43. The van der Waals surface area contributed by atoms with E-state index in [0.29, 0.717) is 6.54 Å². The van der Waals surface area contributed by atoms with E-state index in [0.717, 1.165) is 44.5 Å². The number of amides is 1. The van der Waals surface area contributed by atoms with Crippen molar-refractivity contribution >= 4 is 15.9 Å². The third-order valence-corrected chi connectivity index (χ3v) is 13.1. The number of nitrogens with one attached hydrogen (secondary N) is 2. The molecule has 9 nitrogen and oxygen atoms in total. The van der Waals surface area contributed by atoms with E-state index in [-0.39, 0.29) is 48.6 Å². The Morgan fingerprint density at radius 1 is 0.738 bits per heavy atom. The molecule has 1 saturated heterocycles. The number of hydrogen-bond acceptors (Lipinski definition) is 7. The monoisotopic (exact) mass is 837 g/mol. The molecule has 1 aliphatic rings. The Labute approximate surface area is 360 Å². The summed E-state index contributed by atoms with van der Waals surface area (Å²) in [5.41, 5.74) is 8.53. The Balaban J connectivity index is 1.09. The van der Waals surface area contributed by atoms with Crippen molar-refractivity contribution in [1.82, 2.24) is 14.9 Å². The van der Waals surface area contributed by atoms with E-state index >= 15 is 0 Å². The van der Waals surface area contributed by atoms with E-state index in [2.05, 4.69) is 66.2 Å². The quantitative estimate of drug-likeness (QED) is 0.0893. The Morgan fingerprint density at radius 2 is 1.38 bits per heavy atom. The van der Waals surface area contributed by atoms with E-state index < -0.39 is 28.3 Å². The van der Waals surface area contributed by atoms with Gasteiger partial charge in [0.25, 0.3) is 0 Å². The molecule has 7 rings (SSSR count). The Bertz CT molecular complexity index is 2470. The molecule has 6 atom stereocenters. The number of aliphatic hydroxyl groups is 1. The lowest BCUT2D eigenvalue weighted by atomic mass is 9.89. The maximum atomic E-state index is 13.8. The zero-order chi connectivity index (χ0) is 42.9. The van der Waals surface area contributed by atoms with Crippen molar-refractivity contribution in [3.63, 3.8) is 0 Å². The second-order valence-electron chi connectivity index (χ2n) is 16.1. The fourth-order valence-electron chi connectivity index (χ4n) is 7.80. The van der Waals surface area contributed by atoms with E-state index in [1.807, 2.05) is 110 Å². The summed E-state index contributed by atoms with van der Waals surface area (Å²) in [6.45, 7) is 7.14. The molecule has 0 saturated carbocycles. The molecule has 1 heterocycles. The lowest BCUT2D eigenvalue weighted by Crippen LogP contribution is -2.47. The third kappa shape index (κ3) is 11.1. The number of nitrogens with zero attached hydrogens (tertiary/aromatic N) is 1. The number of rotatable bonds is 16. The molecule has 3 N–H and O–H groups in total. The molecule has 0 aromatic heterocycles. The van der Waals surface area contributed by atoms with Crippen molar-refractivity contribution in [1.29, 1.82) is 0 Å². The van der Waals surface area contributed by atoms with Crippen LogP contribution in [0.5, 0.6) is 0 Å². The van der Waals surface area contributed by atoms with Gasteiger partial charge in [-0.15, -0.1) is 0 Å². The summed E-state index contributed by atoms with van der Waals surface area (Å²) in [7, 11) is -1.84. The second kappa shape index (κ2) is 19.9. The van der Waals surface area contributed by atoms with Gasteiger partial charge in [0.15, 0.2) is 6.29 Å². The standard InChI is InChI=1S/C51H55N3O6S/c1-35-21-27-46(28-22-35)61(57,58)53-47(30-38-13-7-5-8-14-38)50(56)52-32-40-15-11-18-43(29-40)44-19-12-20-45(31-44)51-59-48(33-54(4)37(3)41-16-9-6-10-17-41)36(2)49(60-51)42-25-23-39(34-55)24-26-42/h5-29,31,36-37,47-49,51,53,55H,30,32-34H2,1-4H3,(H,52,56)/t36-,37-,47+,48+,49+,51+/m0/s1. The van der Waals surface area contributed by atoms with Crippen molar-refractivity contribution < 1.29 is 27.8 Å². The highest BCUT2D eigenvalue weighted by atomic mass is 32.2. The molecule has 0 radical (unpaired) electrons. The second-order valence-corrected chi connectivity index (χ2v) is 17.8. The van der Waals surface area contributed by atoms with Crippen LogP contribution in [0.25, 0.3) is 11.1 Å². The summed E-state index contributed by atoms with van der Waals surface area (Å²) in [6, 6.07) is 49.6. The molecule has 6 aromatic carbocycles. The van der Waals surface area contributed by atoms with Gasteiger partial charge in [-0.2, -0.15) is 4.72 Å². The van der Waals surface area contributed by atoms with E-state index in [4.69, 9.17) is 9.47 Å². The van der Waals surface area contributed by atoms with Gasteiger partial charge >= 0.3 is 0 Å². The molecule has 0 aliphatic carbocycles. The van der Waals surface area contributed by atoms with Crippen LogP contribution in [0.3, 0.4) is 0 Å². The topological polar surface area (TPSA) is 117 Å². The largest absolute Gasteiger partial charge is 0.392 e. The Kier molecular flexibility index (Phi) is 14.3. The average Bonchev–Trinajstić information content (AvgIpc) is 3.29. The fraction of sp³-hybridized carbons (Fsp3) is 0.275. The van der Waals surface area contributed by atoms with Crippen LogP contribution >= 0.6 is 0 Å². The van der Waals surface area contributed by atoms with Crippen LogP contribution in [0.1, 0.15) is 71.2 Å². The summed E-state index contributed by atoms with van der Waals surface area (Å²) in [6.07, 6.45) is -0.858. The van der Waals surface area contributed by atoms with Crippen molar-refractivity contribution in [3.8, 4) is 11.1 Å². The average molecular weight is 838 g/mol. The zero-order valence-corrected chi connectivity index (χ0v) is 36.0. The Hall–Kier alpha value is -5.46. The summed E-state index contributed by atoms with van der Waals surface area (Å²) in [4.78, 5) is 16.2. The molecule has 61 heavy (non-hydrogen) atoms. The normalized spacial score (nSPS) is 19.0. The zero-order valence-electron chi connectivity index (χ0n) is 35.1. The van der Waals surface area contributed by atoms with Crippen LogP contribution in [0.15, 0.2) is 163 Å². The van der Waals surface area contributed by atoms with Crippen LogP contribution in [0.2, 0.25) is 0 Å². The van der Waals surface area contributed by atoms with Crippen molar-refractivity contribution in [3.05, 3.63) is 197 Å². The lowest BCUT2D eigenvalue weighted by molar-refractivity contribution is -0.276. The first kappa shape index (κ1) is 43.6. The van der Waals surface area contributed by atoms with Crippen molar-refractivity contribution in [2.24, 2.45) is 5.92 Å². The number of hydrogen-bond donors (Lipinski definition) is 3.